The van der Waals surface area contributed by atoms with Gasteiger partial charge in [0, 0.05) is 39.8 Å². The van der Waals surface area contributed by atoms with Crippen molar-refractivity contribution in [1.82, 2.24) is 20.4 Å². The molecule has 0 bridgehead atoms. The Morgan fingerprint density at radius 3 is 2.59 bits per heavy atom. The number of guanidine groups is 1. The molecule has 1 unspecified atom stereocenters. The molecule has 1 saturated heterocycles. The van der Waals surface area contributed by atoms with Gasteiger partial charge >= 0.3 is 6.09 Å². The number of nitrogens with one attached hydrogen (secondary N) is 2. The Balaban J connectivity index is 2.67. The van der Waals surface area contributed by atoms with E-state index in [1.54, 1.807) is 19.0 Å². The number of likely N-dealkylation sites (N-methyl/N-ethyl adjacent to an activating group) is 1. The number of unbranched alkanes of at least 4 members (excludes halogenated alkanes) is 1. The number of aliphatic imine (C=N–C) groups is 1. The van der Waals surface area contributed by atoms with Gasteiger partial charge in [-0.3, -0.25) is 4.79 Å². The highest BCUT2D eigenvalue weighted by atomic mass is 16.6. The summed E-state index contributed by atoms with van der Waals surface area (Å²) in [5.41, 5.74) is -0.502. The molecule has 27 heavy (non-hydrogen) atoms. The molecule has 0 saturated carbocycles. The second kappa shape index (κ2) is 11.0. The van der Waals surface area contributed by atoms with Crippen LogP contribution in [0.5, 0.6) is 0 Å². The van der Waals surface area contributed by atoms with Gasteiger partial charge in [-0.25, -0.2) is 9.79 Å². The van der Waals surface area contributed by atoms with Crippen molar-refractivity contribution in [3.8, 4) is 0 Å². The van der Waals surface area contributed by atoms with Crippen molar-refractivity contribution in [3.05, 3.63) is 0 Å². The van der Waals surface area contributed by atoms with Gasteiger partial charge in [-0.05, 0) is 40.0 Å². The van der Waals surface area contributed by atoms with Crippen LogP contribution in [0.4, 0.5) is 4.79 Å². The van der Waals surface area contributed by atoms with E-state index in [0.29, 0.717) is 19.0 Å². The van der Waals surface area contributed by atoms with E-state index in [1.807, 2.05) is 20.8 Å². The molecule has 0 spiro atoms. The molecule has 1 atom stereocenters. The fraction of sp³-hybridized carbons (Fsp3) is 0.842. The first-order valence-electron chi connectivity index (χ1n) is 9.85. The van der Waals surface area contributed by atoms with E-state index in [1.165, 1.54) is 4.90 Å². The van der Waals surface area contributed by atoms with Gasteiger partial charge < -0.3 is 25.2 Å². The zero-order valence-corrected chi connectivity index (χ0v) is 17.8. The molecule has 0 aromatic carbocycles. The van der Waals surface area contributed by atoms with Crippen molar-refractivity contribution in [1.29, 1.82) is 0 Å². The summed E-state index contributed by atoms with van der Waals surface area (Å²) >= 11 is 0. The first kappa shape index (κ1) is 23.0. The Bertz CT molecular complexity index is 514. The van der Waals surface area contributed by atoms with Crippen molar-refractivity contribution in [3.63, 3.8) is 0 Å². The van der Waals surface area contributed by atoms with Gasteiger partial charge in [-0.2, -0.15) is 0 Å². The third kappa shape index (κ3) is 9.49. The van der Waals surface area contributed by atoms with Gasteiger partial charge in [0.1, 0.15) is 12.1 Å². The zero-order chi connectivity index (χ0) is 20.4. The fourth-order valence-corrected chi connectivity index (χ4v) is 2.60. The van der Waals surface area contributed by atoms with Crippen molar-refractivity contribution in [2.24, 2.45) is 4.99 Å². The third-order valence-corrected chi connectivity index (χ3v) is 4.11. The predicted octanol–water partition coefficient (Wildman–Crippen LogP) is 1.81. The first-order valence-corrected chi connectivity index (χ1v) is 9.85. The molecule has 0 aliphatic carbocycles. The molecule has 1 rings (SSSR count). The number of piperidine rings is 1. The Kier molecular flexibility index (Phi) is 9.38. The summed E-state index contributed by atoms with van der Waals surface area (Å²) in [6.45, 7) is 9.88. The van der Waals surface area contributed by atoms with Crippen molar-refractivity contribution >= 4 is 18.0 Å². The van der Waals surface area contributed by atoms with Crippen molar-refractivity contribution in [2.45, 2.75) is 65.0 Å². The van der Waals surface area contributed by atoms with Gasteiger partial charge in [0.05, 0.1) is 0 Å². The lowest BCUT2D eigenvalue weighted by Gasteiger charge is -2.35. The van der Waals surface area contributed by atoms with E-state index in [9.17, 15) is 9.59 Å². The molecular formula is C19H37N5O3. The molecule has 0 aromatic heterocycles. The van der Waals surface area contributed by atoms with Crippen LogP contribution in [-0.4, -0.2) is 79.7 Å². The summed E-state index contributed by atoms with van der Waals surface area (Å²) in [5, 5.41) is 6.65. The van der Waals surface area contributed by atoms with Gasteiger partial charge in [-0.15, -0.1) is 0 Å². The zero-order valence-electron chi connectivity index (χ0n) is 17.8. The minimum absolute atomic E-state index is 0.0504. The number of carbonyl (C=O) groups excluding carboxylic acids is 2. The summed E-state index contributed by atoms with van der Waals surface area (Å²) in [4.78, 5) is 31.8. The number of hydrogen-bond donors (Lipinski definition) is 2. The van der Waals surface area contributed by atoms with E-state index in [-0.39, 0.29) is 24.6 Å². The molecular weight excluding hydrogens is 346 g/mol. The van der Waals surface area contributed by atoms with Crippen LogP contribution >= 0.6 is 0 Å². The Morgan fingerprint density at radius 1 is 1.30 bits per heavy atom. The predicted molar refractivity (Wildman–Crippen MR) is 108 cm³/mol. The van der Waals surface area contributed by atoms with E-state index in [2.05, 4.69) is 22.5 Å². The summed E-state index contributed by atoms with van der Waals surface area (Å²) in [5.74, 6) is 0.570. The number of nitrogens with zero attached hydrogens (tertiary/aromatic N) is 3. The molecule has 1 heterocycles. The first-order chi connectivity index (χ1) is 12.6. The SMILES string of the molecule is CCCCNC(=NCC(=O)N(C)C)NC1CCCN(C(=O)OC(C)(C)C)C1. The van der Waals surface area contributed by atoms with Crippen LogP contribution in [0, 0.1) is 0 Å². The number of hydrogen-bond acceptors (Lipinski definition) is 4. The summed E-state index contributed by atoms with van der Waals surface area (Å²) in [6.07, 6.45) is 3.66. The maximum absolute atomic E-state index is 12.3. The lowest BCUT2D eigenvalue weighted by Crippen LogP contribution is -2.53. The average molecular weight is 384 g/mol. The van der Waals surface area contributed by atoms with Crippen LogP contribution in [0.15, 0.2) is 4.99 Å². The third-order valence-electron chi connectivity index (χ3n) is 4.11. The monoisotopic (exact) mass is 383 g/mol. The molecule has 0 aromatic rings. The van der Waals surface area contributed by atoms with Crippen molar-refractivity contribution in [2.75, 3.05) is 40.3 Å². The van der Waals surface area contributed by atoms with E-state index in [4.69, 9.17) is 4.74 Å². The number of amides is 2. The van der Waals surface area contributed by atoms with Crippen LogP contribution in [0.3, 0.4) is 0 Å². The van der Waals surface area contributed by atoms with Crippen LogP contribution in [0.2, 0.25) is 0 Å². The highest BCUT2D eigenvalue weighted by molar-refractivity contribution is 5.85. The van der Waals surface area contributed by atoms with E-state index in [0.717, 1.165) is 32.2 Å². The summed E-state index contributed by atoms with van der Waals surface area (Å²) < 4.78 is 5.48. The molecule has 1 aliphatic rings. The molecule has 2 N–H and O–H groups in total. The quantitative estimate of drug-likeness (QED) is 0.415. The van der Waals surface area contributed by atoms with Crippen LogP contribution in [0.25, 0.3) is 0 Å². The second-order valence-corrected chi connectivity index (χ2v) is 8.14. The molecule has 1 fully saturated rings. The van der Waals surface area contributed by atoms with Gasteiger partial charge in [0.15, 0.2) is 5.96 Å². The summed E-state index contributed by atoms with van der Waals surface area (Å²) in [6, 6.07) is 0.0774. The lowest BCUT2D eigenvalue weighted by atomic mass is 10.1. The lowest BCUT2D eigenvalue weighted by molar-refractivity contribution is -0.127. The normalized spacial score (nSPS) is 18.1. The molecule has 8 nitrogen and oxygen atoms in total. The molecule has 0 radical (unpaired) electrons. The molecule has 2 amide bonds. The van der Waals surface area contributed by atoms with E-state index < -0.39 is 5.60 Å². The Labute approximate surface area is 163 Å². The Hall–Kier alpha value is -1.99. The second-order valence-electron chi connectivity index (χ2n) is 8.14. The smallest absolute Gasteiger partial charge is 0.410 e. The highest BCUT2D eigenvalue weighted by Gasteiger charge is 2.28. The standard InChI is InChI=1S/C19H37N5O3/c1-7-8-11-20-17(21-13-16(25)23(5)6)22-15-10-9-12-24(14-15)18(26)27-19(2,3)4/h15H,7-14H2,1-6H3,(H2,20,21,22). The van der Waals surface area contributed by atoms with Crippen LogP contribution in [0.1, 0.15) is 53.4 Å². The maximum atomic E-state index is 12.3. The molecule has 156 valence electrons. The van der Waals surface area contributed by atoms with Gasteiger partial charge in [0.2, 0.25) is 5.91 Å². The summed E-state index contributed by atoms with van der Waals surface area (Å²) in [7, 11) is 3.44. The minimum Gasteiger partial charge on any atom is -0.444 e. The Morgan fingerprint density at radius 2 is 2.00 bits per heavy atom. The molecule has 8 heteroatoms. The van der Waals surface area contributed by atoms with Gasteiger partial charge in [0.25, 0.3) is 0 Å². The number of carbonyl (C=O) groups is 2. The number of rotatable bonds is 6. The van der Waals surface area contributed by atoms with Gasteiger partial charge in [-0.1, -0.05) is 13.3 Å². The molecule has 1 aliphatic heterocycles. The highest BCUT2D eigenvalue weighted by Crippen LogP contribution is 2.15. The maximum Gasteiger partial charge on any atom is 0.410 e. The largest absolute Gasteiger partial charge is 0.444 e. The fourth-order valence-electron chi connectivity index (χ4n) is 2.60. The van der Waals surface area contributed by atoms with Crippen molar-refractivity contribution < 1.29 is 14.3 Å². The topological polar surface area (TPSA) is 86.3 Å². The van der Waals surface area contributed by atoms with E-state index >= 15 is 0 Å². The minimum atomic E-state index is -0.502. The average Bonchev–Trinajstić information content (AvgIpc) is 2.58. The number of ether oxygens (including phenoxy) is 1. The van der Waals surface area contributed by atoms with Crippen LogP contribution < -0.4 is 10.6 Å². The van der Waals surface area contributed by atoms with Crippen LogP contribution in [-0.2, 0) is 9.53 Å². The number of likely N-dealkylation sites (tertiary alicyclic amines) is 1.